The molecule has 1 aromatic rings. The van der Waals surface area contributed by atoms with E-state index < -0.39 is 5.97 Å². The van der Waals surface area contributed by atoms with Crippen LogP contribution in [0, 0.1) is 0 Å². The molecule has 1 aromatic carbocycles. The minimum absolute atomic E-state index is 0.103. The molecule has 0 radical (unpaired) electrons. The molecule has 0 bridgehead atoms. The third-order valence-electron chi connectivity index (χ3n) is 3.48. The van der Waals surface area contributed by atoms with Crippen molar-refractivity contribution in [1.82, 2.24) is 5.32 Å². The molecule has 0 saturated heterocycles. The maximum atomic E-state index is 11.9. The fraction of sp³-hybridized carbons (Fsp3) is 0.429. The number of hydrogen-bond donors (Lipinski definition) is 3. The second kappa shape index (κ2) is 5.30. The number of carbonyl (C=O) groups is 2. The van der Waals surface area contributed by atoms with Gasteiger partial charge in [-0.3, -0.25) is 4.79 Å². The molecule has 102 valence electrons. The molecule has 0 unspecified atom stereocenters. The SMILES string of the molecule is CC1(NC(=O)Nc2ccccc2CC(=O)O)CCC1. The number of para-hydroxylation sites is 1. The van der Waals surface area contributed by atoms with Gasteiger partial charge in [0, 0.05) is 11.2 Å². The van der Waals surface area contributed by atoms with E-state index in [0.29, 0.717) is 11.3 Å². The molecule has 19 heavy (non-hydrogen) atoms. The molecule has 5 heteroatoms. The van der Waals surface area contributed by atoms with Crippen molar-refractivity contribution in [2.75, 3.05) is 5.32 Å². The number of anilines is 1. The van der Waals surface area contributed by atoms with Crippen molar-refractivity contribution >= 4 is 17.7 Å². The summed E-state index contributed by atoms with van der Waals surface area (Å²) < 4.78 is 0. The van der Waals surface area contributed by atoms with Gasteiger partial charge >= 0.3 is 12.0 Å². The van der Waals surface area contributed by atoms with Crippen LogP contribution < -0.4 is 10.6 Å². The van der Waals surface area contributed by atoms with Gasteiger partial charge in [0.05, 0.1) is 6.42 Å². The Kier molecular flexibility index (Phi) is 3.74. The van der Waals surface area contributed by atoms with E-state index in [1.54, 1.807) is 24.3 Å². The summed E-state index contributed by atoms with van der Waals surface area (Å²) in [6.45, 7) is 2.01. The minimum Gasteiger partial charge on any atom is -0.481 e. The van der Waals surface area contributed by atoms with Gasteiger partial charge in [0.15, 0.2) is 0 Å². The molecular formula is C14H18N2O3. The Bertz CT molecular complexity index is 495. The average molecular weight is 262 g/mol. The smallest absolute Gasteiger partial charge is 0.319 e. The lowest BCUT2D eigenvalue weighted by Crippen LogP contribution is -2.52. The molecule has 1 aliphatic rings. The zero-order valence-electron chi connectivity index (χ0n) is 10.9. The Morgan fingerprint density at radius 1 is 1.32 bits per heavy atom. The molecule has 2 rings (SSSR count). The molecule has 5 nitrogen and oxygen atoms in total. The number of nitrogens with one attached hydrogen (secondary N) is 2. The Morgan fingerprint density at radius 3 is 2.58 bits per heavy atom. The van der Waals surface area contributed by atoms with Gasteiger partial charge in [-0.2, -0.15) is 0 Å². The molecule has 1 aliphatic carbocycles. The van der Waals surface area contributed by atoms with E-state index in [-0.39, 0.29) is 18.0 Å². The number of benzene rings is 1. The minimum atomic E-state index is -0.916. The maximum Gasteiger partial charge on any atom is 0.319 e. The standard InChI is InChI=1S/C14H18N2O3/c1-14(7-4-8-14)16-13(19)15-11-6-3-2-5-10(11)9-12(17)18/h2-3,5-6H,4,7-9H2,1H3,(H,17,18)(H2,15,16,19). The van der Waals surface area contributed by atoms with Crippen molar-refractivity contribution in [2.45, 2.75) is 38.1 Å². The van der Waals surface area contributed by atoms with Gasteiger partial charge in [-0.15, -0.1) is 0 Å². The van der Waals surface area contributed by atoms with E-state index >= 15 is 0 Å². The Hall–Kier alpha value is -2.04. The van der Waals surface area contributed by atoms with Gasteiger partial charge in [0.2, 0.25) is 0 Å². The fourth-order valence-electron chi connectivity index (χ4n) is 2.22. The number of carboxylic acids is 1. The van der Waals surface area contributed by atoms with E-state index in [0.717, 1.165) is 19.3 Å². The van der Waals surface area contributed by atoms with Crippen LogP contribution in [0.1, 0.15) is 31.7 Å². The van der Waals surface area contributed by atoms with Crippen LogP contribution in [0.2, 0.25) is 0 Å². The third-order valence-corrected chi connectivity index (χ3v) is 3.48. The van der Waals surface area contributed by atoms with Gasteiger partial charge in [0.1, 0.15) is 0 Å². The summed E-state index contributed by atoms with van der Waals surface area (Å²) in [7, 11) is 0. The van der Waals surface area contributed by atoms with Crippen LogP contribution in [-0.4, -0.2) is 22.6 Å². The number of aliphatic carboxylic acids is 1. The molecule has 1 saturated carbocycles. The summed E-state index contributed by atoms with van der Waals surface area (Å²) in [6.07, 6.45) is 2.99. The van der Waals surface area contributed by atoms with E-state index in [1.165, 1.54) is 0 Å². The van der Waals surface area contributed by atoms with Crippen LogP contribution in [0.25, 0.3) is 0 Å². The molecule has 0 atom stereocenters. The Morgan fingerprint density at radius 2 is 2.00 bits per heavy atom. The highest BCUT2D eigenvalue weighted by molar-refractivity contribution is 5.91. The zero-order chi connectivity index (χ0) is 13.9. The number of carboxylic acid groups (broad SMARTS) is 1. The van der Waals surface area contributed by atoms with Crippen LogP contribution in [0.3, 0.4) is 0 Å². The molecule has 0 aliphatic heterocycles. The average Bonchev–Trinajstić information content (AvgIpc) is 2.29. The highest BCUT2D eigenvalue weighted by Crippen LogP contribution is 2.31. The Labute approximate surface area is 112 Å². The van der Waals surface area contributed by atoms with Crippen molar-refractivity contribution in [1.29, 1.82) is 0 Å². The maximum absolute atomic E-state index is 11.9. The van der Waals surface area contributed by atoms with Crippen molar-refractivity contribution in [3.8, 4) is 0 Å². The second-order valence-corrected chi connectivity index (χ2v) is 5.22. The highest BCUT2D eigenvalue weighted by Gasteiger charge is 2.33. The van der Waals surface area contributed by atoms with Gasteiger partial charge in [-0.25, -0.2) is 4.79 Å². The van der Waals surface area contributed by atoms with Crippen molar-refractivity contribution in [3.63, 3.8) is 0 Å². The summed E-state index contributed by atoms with van der Waals surface area (Å²) in [5.74, 6) is -0.916. The van der Waals surface area contributed by atoms with Crippen LogP contribution >= 0.6 is 0 Å². The van der Waals surface area contributed by atoms with Gasteiger partial charge in [0.25, 0.3) is 0 Å². The van der Waals surface area contributed by atoms with Crippen molar-refractivity contribution < 1.29 is 14.7 Å². The van der Waals surface area contributed by atoms with Crippen LogP contribution in [0.4, 0.5) is 10.5 Å². The van der Waals surface area contributed by atoms with E-state index in [1.807, 2.05) is 6.92 Å². The lowest BCUT2D eigenvalue weighted by atomic mass is 9.79. The second-order valence-electron chi connectivity index (χ2n) is 5.22. The first kappa shape index (κ1) is 13.4. The fourth-order valence-corrected chi connectivity index (χ4v) is 2.22. The van der Waals surface area contributed by atoms with Crippen LogP contribution in [-0.2, 0) is 11.2 Å². The molecule has 1 fully saturated rings. The zero-order valence-corrected chi connectivity index (χ0v) is 10.9. The first-order chi connectivity index (χ1) is 8.98. The van der Waals surface area contributed by atoms with Gasteiger partial charge in [-0.05, 0) is 37.8 Å². The van der Waals surface area contributed by atoms with E-state index in [2.05, 4.69) is 10.6 Å². The predicted octanol–water partition coefficient (Wildman–Crippen LogP) is 2.38. The molecule has 3 N–H and O–H groups in total. The van der Waals surface area contributed by atoms with Crippen molar-refractivity contribution in [2.24, 2.45) is 0 Å². The van der Waals surface area contributed by atoms with Crippen LogP contribution in [0.15, 0.2) is 24.3 Å². The number of rotatable bonds is 4. The third kappa shape index (κ3) is 3.47. The number of amides is 2. The van der Waals surface area contributed by atoms with E-state index in [9.17, 15) is 9.59 Å². The molecular weight excluding hydrogens is 244 g/mol. The molecule has 2 amide bonds. The first-order valence-electron chi connectivity index (χ1n) is 6.37. The van der Waals surface area contributed by atoms with Crippen molar-refractivity contribution in [3.05, 3.63) is 29.8 Å². The lowest BCUT2D eigenvalue weighted by Gasteiger charge is -2.39. The number of urea groups is 1. The molecule has 0 aromatic heterocycles. The summed E-state index contributed by atoms with van der Waals surface area (Å²) in [6, 6.07) is 6.66. The van der Waals surface area contributed by atoms with E-state index in [4.69, 9.17) is 5.11 Å². The predicted molar refractivity (Wildman–Crippen MR) is 72.2 cm³/mol. The van der Waals surface area contributed by atoms with Gasteiger partial charge in [-0.1, -0.05) is 18.2 Å². The van der Waals surface area contributed by atoms with Crippen LogP contribution in [0.5, 0.6) is 0 Å². The summed E-state index contributed by atoms with van der Waals surface area (Å²) in [4.78, 5) is 22.7. The molecule has 0 spiro atoms. The highest BCUT2D eigenvalue weighted by atomic mass is 16.4. The normalized spacial score (nSPS) is 16.3. The largest absolute Gasteiger partial charge is 0.481 e. The molecule has 0 heterocycles. The summed E-state index contributed by atoms with van der Waals surface area (Å²) >= 11 is 0. The first-order valence-corrected chi connectivity index (χ1v) is 6.37. The summed E-state index contributed by atoms with van der Waals surface area (Å²) in [5.41, 5.74) is 1.03. The summed E-state index contributed by atoms with van der Waals surface area (Å²) in [5, 5.41) is 14.5. The number of carbonyl (C=O) groups excluding carboxylic acids is 1. The lowest BCUT2D eigenvalue weighted by molar-refractivity contribution is -0.136. The monoisotopic (exact) mass is 262 g/mol. The number of hydrogen-bond acceptors (Lipinski definition) is 2. The quantitative estimate of drug-likeness (QED) is 0.779. The van der Waals surface area contributed by atoms with Gasteiger partial charge < -0.3 is 15.7 Å². The topological polar surface area (TPSA) is 78.4 Å². The Balaban J connectivity index is 2.01.